The lowest BCUT2D eigenvalue weighted by Crippen LogP contribution is -2.13. The van der Waals surface area contributed by atoms with Crippen LogP contribution in [0.25, 0.3) is 0 Å². The summed E-state index contributed by atoms with van der Waals surface area (Å²) in [6.07, 6.45) is 0.742. The van der Waals surface area contributed by atoms with Gasteiger partial charge in [0.2, 0.25) is 0 Å². The molecule has 1 aromatic rings. The minimum absolute atomic E-state index is 0.168. The second kappa shape index (κ2) is 4.57. The summed E-state index contributed by atoms with van der Waals surface area (Å²) in [5.41, 5.74) is 3.32. The van der Waals surface area contributed by atoms with Crippen LogP contribution in [0.1, 0.15) is 23.4 Å². The normalized spacial score (nSPS) is 13.2. The van der Waals surface area contributed by atoms with Crippen molar-refractivity contribution < 1.29 is 10.2 Å². The van der Waals surface area contributed by atoms with Crippen LogP contribution in [0.4, 0.5) is 0 Å². The third kappa shape index (κ3) is 2.33. The third-order valence-corrected chi connectivity index (χ3v) is 2.60. The van der Waals surface area contributed by atoms with E-state index in [1.165, 1.54) is 5.56 Å². The molecule has 4 nitrogen and oxygen atoms in total. The Morgan fingerprint density at radius 2 is 2.07 bits per heavy atom. The van der Waals surface area contributed by atoms with E-state index < -0.39 is 6.10 Å². The van der Waals surface area contributed by atoms with E-state index in [2.05, 4.69) is 5.10 Å². The number of aliphatic hydroxyl groups excluding tert-OH is 2. The molecule has 80 valence electrons. The highest BCUT2D eigenvalue weighted by molar-refractivity contribution is 5.24. The Balaban J connectivity index is 2.67. The maximum absolute atomic E-state index is 9.23. The molecule has 0 bridgehead atoms. The lowest BCUT2D eigenvalue weighted by atomic mass is 10.1. The minimum Gasteiger partial charge on any atom is -0.394 e. The van der Waals surface area contributed by atoms with E-state index in [1.807, 2.05) is 25.6 Å². The van der Waals surface area contributed by atoms with Crippen LogP contribution in [0.2, 0.25) is 0 Å². The van der Waals surface area contributed by atoms with Gasteiger partial charge in [-0.15, -0.1) is 0 Å². The van der Waals surface area contributed by atoms with E-state index in [9.17, 15) is 5.11 Å². The van der Waals surface area contributed by atoms with Gasteiger partial charge in [0, 0.05) is 12.7 Å². The molecule has 0 saturated carbocycles. The number of aryl methyl sites for hydroxylation is 2. The van der Waals surface area contributed by atoms with Crippen LogP contribution in [-0.2, 0) is 13.5 Å². The van der Waals surface area contributed by atoms with Crippen molar-refractivity contribution in [2.45, 2.75) is 32.8 Å². The summed E-state index contributed by atoms with van der Waals surface area (Å²) in [6, 6.07) is 0. The molecule has 0 spiro atoms. The number of hydrogen-bond donors (Lipinski definition) is 2. The molecule has 0 aliphatic carbocycles. The Labute approximate surface area is 84.2 Å². The molecule has 0 radical (unpaired) electrons. The highest BCUT2D eigenvalue weighted by Gasteiger charge is 2.10. The molecule has 4 heteroatoms. The highest BCUT2D eigenvalue weighted by Crippen LogP contribution is 2.14. The molecule has 14 heavy (non-hydrogen) atoms. The van der Waals surface area contributed by atoms with Crippen LogP contribution in [0.5, 0.6) is 0 Å². The van der Waals surface area contributed by atoms with Gasteiger partial charge in [-0.3, -0.25) is 4.68 Å². The molecule has 2 N–H and O–H groups in total. The number of rotatable bonds is 4. The smallest absolute Gasteiger partial charge is 0.0774 e. The molecule has 0 aliphatic heterocycles. The van der Waals surface area contributed by atoms with Crippen molar-refractivity contribution in [2.75, 3.05) is 6.61 Å². The van der Waals surface area contributed by atoms with Gasteiger partial charge in [0.1, 0.15) is 0 Å². The Morgan fingerprint density at radius 1 is 1.43 bits per heavy atom. The summed E-state index contributed by atoms with van der Waals surface area (Å²) in [7, 11) is 1.91. The van der Waals surface area contributed by atoms with Crippen LogP contribution in [0.3, 0.4) is 0 Å². The standard InChI is InChI=1S/C10H18N2O2/c1-7-10(5-4-9(14)6-13)8(2)12(3)11-7/h9,13-14H,4-6H2,1-3H3. The van der Waals surface area contributed by atoms with Crippen molar-refractivity contribution >= 4 is 0 Å². The molecule has 1 rings (SSSR count). The lowest BCUT2D eigenvalue weighted by Gasteiger charge is -2.06. The van der Waals surface area contributed by atoms with Gasteiger partial charge in [-0.2, -0.15) is 5.10 Å². The zero-order chi connectivity index (χ0) is 10.7. The maximum atomic E-state index is 9.23. The number of hydrogen-bond acceptors (Lipinski definition) is 3. The largest absolute Gasteiger partial charge is 0.394 e. The fourth-order valence-corrected chi connectivity index (χ4v) is 1.58. The van der Waals surface area contributed by atoms with Crippen molar-refractivity contribution in [1.29, 1.82) is 0 Å². The van der Waals surface area contributed by atoms with Crippen molar-refractivity contribution in [3.63, 3.8) is 0 Å². The van der Waals surface area contributed by atoms with Gasteiger partial charge in [0.15, 0.2) is 0 Å². The summed E-state index contributed by atoms with van der Waals surface area (Å²) in [5, 5.41) is 22.2. The van der Waals surface area contributed by atoms with E-state index in [4.69, 9.17) is 5.11 Å². The number of aromatic nitrogens is 2. The summed E-state index contributed by atoms with van der Waals surface area (Å²) in [4.78, 5) is 0. The first-order valence-corrected chi connectivity index (χ1v) is 4.84. The molecular formula is C10H18N2O2. The summed E-state index contributed by atoms with van der Waals surface area (Å²) in [5.74, 6) is 0. The Kier molecular flexibility index (Phi) is 3.66. The van der Waals surface area contributed by atoms with Gasteiger partial charge in [0.05, 0.1) is 18.4 Å². The topological polar surface area (TPSA) is 58.3 Å². The summed E-state index contributed by atoms with van der Waals surface area (Å²) < 4.78 is 1.84. The minimum atomic E-state index is -0.617. The zero-order valence-electron chi connectivity index (χ0n) is 8.99. The van der Waals surface area contributed by atoms with E-state index in [1.54, 1.807) is 0 Å². The van der Waals surface area contributed by atoms with E-state index in [0.29, 0.717) is 6.42 Å². The molecule has 0 fully saturated rings. The van der Waals surface area contributed by atoms with E-state index in [-0.39, 0.29) is 6.61 Å². The lowest BCUT2D eigenvalue weighted by molar-refractivity contribution is 0.0885. The van der Waals surface area contributed by atoms with Crippen LogP contribution in [0.15, 0.2) is 0 Å². The van der Waals surface area contributed by atoms with Gasteiger partial charge in [-0.05, 0) is 32.3 Å². The molecule has 1 heterocycles. The highest BCUT2D eigenvalue weighted by atomic mass is 16.3. The molecule has 1 aromatic heterocycles. The van der Waals surface area contributed by atoms with Crippen molar-refractivity contribution in [1.82, 2.24) is 9.78 Å². The van der Waals surface area contributed by atoms with Crippen LogP contribution < -0.4 is 0 Å². The van der Waals surface area contributed by atoms with Crippen molar-refractivity contribution in [3.05, 3.63) is 17.0 Å². The Morgan fingerprint density at radius 3 is 2.50 bits per heavy atom. The average Bonchev–Trinajstić information content (AvgIpc) is 2.39. The quantitative estimate of drug-likeness (QED) is 0.732. The second-order valence-corrected chi connectivity index (χ2v) is 3.65. The fourth-order valence-electron chi connectivity index (χ4n) is 1.58. The Bertz CT molecular complexity index is 307. The summed E-state index contributed by atoms with van der Waals surface area (Å²) >= 11 is 0. The van der Waals surface area contributed by atoms with E-state index >= 15 is 0 Å². The third-order valence-electron chi connectivity index (χ3n) is 2.60. The van der Waals surface area contributed by atoms with Gasteiger partial charge in [0.25, 0.3) is 0 Å². The predicted octanol–water partition coefficient (Wildman–Crippen LogP) is 0.323. The van der Waals surface area contributed by atoms with Gasteiger partial charge in [-0.25, -0.2) is 0 Å². The zero-order valence-corrected chi connectivity index (χ0v) is 8.99. The first kappa shape index (κ1) is 11.2. The molecule has 1 atom stereocenters. The van der Waals surface area contributed by atoms with Gasteiger partial charge in [-0.1, -0.05) is 0 Å². The van der Waals surface area contributed by atoms with Crippen molar-refractivity contribution in [2.24, 2.45) is 7.05 Å². The van der Waals surface area contributed by atoms with E-state index in [0.717, 1.165) is 17.8 Å². The average molecular weight is 198 g/mol. The first-order chi connectivity index (χ1) is 6.56. The maximum Gasteiger partial charge on any atom is 0.0774 e. The molecule has 0 aromatic carbocycles. The van der Waals surface area contributed by atoms with Gasteiger partial charge < -0.3 is 10.2 Å². The molecular weight excluding hydrogens is 180 g/mol. The second-order valence-electron chi connectivity index (χ2n) is 3.65. The fraction of sp³-hybridized carbons (Fsp3) is 0.700. The SMILES string of the molecule is Cc1nn(C)c(C)c1CCC(O)CO. The van der Waals surface area contributed by atoms with Crippen LogP contribution in [-0.4, -0.2) is 32.7 Å². The molecule has 1 unspecified atom stereocenters. The van der Waals surface area contributed by atoms with Crippen LogP contribution in [0, 0.1) is 13.8 Å². The Hall–Kier alpha value is -0.870. The summed E-state index contributed by atoms with van der Waals surface area (Å²) in [6.45, 7) is 3.81. The van der Waals surface area contributed by atoms with Gasteiger partial charge >= 0.3 is 0 Å². The monoisotopic (exact) mass is 198 g/mol. The first-order valence-electron chi connectivity index (χ1n) is 4.84. The number of nitrogens with zero attached hydrogens (tertiary/aromatic N) is 2. The molecule has 0 amide bonds. The number of aliphatic hydroxyl groups is 2. The molecule has 0 saturated heterocycles. The van der Waals surface area contributed by atoms with Crippen LogP contribution >= 0.6 is 0 Å². The predicted molar refractivity (Wildman–Crippen MR) is 54.1 cm³/mol. The van der Waals surface area contributed by atoms with Crippen molar-refractivity contribution in [3.8, 4) is 0 Å². The molecule has 0 aliphatic rings.